The minimum atomic E-state index is -0.227. The molecule has 1 unspecified atom stereocenters. The van der Waals surface area contributed by atoms with Crippen molar-refractivity contribution in [3.63, 3.8) is 0 Å². The van der Waals surface area contributed by atoms with E-state index in [-0.39, 0.29) is 6.04 Å². The summed E-state index contributed by atoms with van der Waals surface area (Å²) in [5.74, 6) is 0. The quantitative estimate of drug-likeness (QED) is 0.943. The highest BCUT2D eigenvalue weighted by atomic mass is 35.5. The predicted octanol–water partition coefficient (Wildman–Crippen LogP) is 2.67. The Morgan fingerprint density at radius 2 is 2.11 bits per heavy atom. The summed E-state index contributed by atoms with van der Waals surface area (Å²) in [6.45, 7) is 1.87. The van der Waals surface area contributed by atoms with Crippen LogP contribution in [0.25, 0.3) is 0 Å². The van der Waals surface area contributed by atoms with Gasteiger partial charge in [-0.05, 0) is 19.1 Å². The minimum absolute atomic E-state index is 0.227. The van der Waals surface area contributed by atoms with Crippen molar-refractivity contribution < 1.29 is 0 Å². The third kappa shape index (κ3) is 2.66. The van der Waals surface area contributed by atoms with Gasteiger partial charge in [0.15, 0.2) is 0 Å². The fourth-order valence-corrected chi connectivity index (χ4v) is 2.17. The molecular weight excluding hydrogens is 271 g/mol. The molecule has 0 aliphatic carbocycles. The first-order chi connectivity index (χ1) is 8.49. The van der Waals surface area contributed by atoms with Crippen LogP contribution in [0.15, 0.2) is 18.3 Å². The van der Waals surface area contributed by atoms with Crippen LogP contribution in [0.2, 0.25) is 10.0 Å². The number of aryl methyl sites for hydroxylation is 2. The van der Waals surface area contributed by atoms with Gasteiger partial charge in [-0.15, -0.1) is 0 Å². The molecule has 0 amide bonds. The highest BCUT2D eigenvalue weighted by molar-refractivity contribution is 6.31. The largest absolute Gasteiger partial charge is 0.322 e. The van der Waals surface area contributed by atoms with E-state index in [0.29, 0.717) is 16.5 Å². The first kappa shape index (κ1) is 13.3. The van der Waals surface area contributed by atoms with Crippen LogP contribution in [-0.4, -0.2) is 14.8 Å². The van der Waals surface area contributed by atoms with Crippen molar-refractivity contribution in [1.29, 1.82) is 0 Å². The standard InChI is InChI=1S/C12H14Cl2N4/c1-7-12(14)11(18(2)17-7)5-9(15)10-4-3-8(13)6-16-10/h3-4,6,9H,5,15H2,1-2H3. The molecule has 0 aliphatic rings. The van der Waals surface area contributed by atoms with Gasteiger partial charge in [0.05, 0.1) is 33.2 Å². The van der Waals surface area contributed by atoms with Crippen LogP contribution in [0.3, 0.4) is 0 Å². The maximum absolute atomic E-state index is 6.19. The normalized spacial score (nSPS) is 12.7. The molecule has 2 rings (SSSR count). The highest BCUT2D eigenvalue weighted by Crippen LogP contribution is 2.24. The number of pyridine rings is 1. The predicted molar refractivity (Wildman–Crippen MR) is 72.8 cm³/mol. The summed E-state index contributed by atoms with van der Waals surface area (Å²) in [5.41, 5.74) is 8.63. The second-order valence-electron chi connectivity index (χ2n) is 4.18. The lowest BCUT2D eigenvalue weighted by Gasteiger charge is -2.11. The van der Waals surface area contributed by atoms with E-state index >= 15 is 0 Å². The summed E-state index contributed by atoms with van der Waals surface area (Å²) in [6.07, 6.45) is 2.18. The van der Waals surface area contributed by atoms with Gasteiger partial charge in [-0.1, -0.05) is 23.2 Å². The third-order valence-electron chi connectivity index (χ3n) is 2.81. The lowest BCUT2D eigenvalue weighted by molar-refractivity contribution is 0.629. The second kappa shape index (κ2) is 5.26. The van der Waals surface area contributed by atoms with E-state index in [1.54, 1.807) is 16.9 Å². The van der Waals surface area contributed by atoms with Crippen molar-refractivity contribution in [3.05, 3.63) is 45.5 Å². The van der Waals surface area contributed by atoms with Crippen molar-refractivity contribution >= 4 is 23.2 Å². The van der Waals surface area contributed by atoms with Crippen molar-refractivity contribution in [2.45, 2.75) is 19.4 Å². The third-order valence-corrected chi connectivity index (χ3v) is 3.52. The van der Waals surface area contributed by atoms with E-state index in [4.69, 9.17) is 28.9 Å². The number of aromatic nitrogens is 3. The first-order valence-corrected chi connectivity index (χ1v) is 6.29. The van der Waals surface area contributed by atoms with E-state index in [1.807, 2.05) is 20.0 Å². The van der Waals surface area contributed by atoms with Gasteiger partial charge in [0.2, 0.25) is 0 Å². The van der Waals surface area contributed by atoms with Gasteiger partial charge in [-0.3, -0.25) is 9.67 Å². The summed E-state index contributed by atoms with van der Waals surface area (Å²) < 4.78 is 1.76. The van der Waals surface area contributed by atoms with Crippen molar-refractivity contribution in [1.82, 2.24) is 14.8 Å². The summed E-state index contributed by atoms with van der Waals surface area (Å²) in [7, 11) is 1.86. The second-order valence-corrected chi connectivity index (χ2v) is 5.00. The maximum Gasteiger partial charge on any atom is 0.0847 e. The smallest absolute Gasteiger partial charge is 0.0847 e. The van der Waals surface area contributed by atoms with Gasteiger partial charge in [0.25, 0.3) is 0 Å². The lowest BCUT2D eigenvalue weighted by Crippen LogP contribution is -2.16. The SMILES string of the molecule is Cc1nn(C)c(CC(N)c2ccc(Cl)cn2)c1Cl. The Bertz CT molecular complexity index is 548. The maximum atomic E-state index is 6.19. The zero-order chi connectivity index (χ0) is 13.3. The molecular formula is C12H14Cl2N4. The minimum Gasteiger partial charge on any atom is -0.322 e. The molecule has 1 atom stereocenters. The topological polar surface area (TPSA) is 56.7 Å². The molecule has 0 saturated carbocycles. The number of hydrogen-bond acceptors (Lipinski definition) is 3. The van der Waals surface area contributed by atoms with Crippen LogP contribution in [0, 0.1) is 6.92 Å². The zero-order valence-electron chi connectivity index (χ0n) is 10.2. The molecule has 2 heterocycles. The molecule has 96 valence electrons. The van der Waals surface area contributed by atoms with Crippen LogP contribution < -0.4 is 5.73 Å². The van der Waals surface area contributed by atoms with E-state index in [1.165, 1.54) is 0 Å². The van der Waals surface area contributed by atoms with Crippen LogP contribution >= 0.6 is 23.2 Å². The Morgan fingerprint density at radius 1 is 1.39 bits per heavy atom. The summed E-state index contributed by atoms with van der Waals surface area (Å²) >= 11 is 12.0. The number of rotatable bonds is 3. The molecule has 0 bridgehead atoms. The molecule has 6 heteroatoms. The Labute approximate surface area is 116 Å². The Kier molecular flexibility index (Phi) is 3.90. The molecule has 0 aliphatic heterocycles. The van der Waals surface area contributed by atoms with Crippen molar-refractivity contribution in [3.8, 4) is 0 Å². The highest BCUT2D eigenvalue weighted by Gasteiger charge is 2.16. The molecule has 0 fully saturated rings. The van der Waals surface area contributed by atoms with Gasteiger partial charge in [0.1, 0.15) is 0 Å². The summed E-state index contributed by atoms with van der Waals surface area (Å²) in [5, 5.41) is 5.53. The van der Waals surface area contributed by atoms with Crippen LogP contribution in [0.4, 0.5) is 0 Å². The average molecular weight is 285 g/mol. The molecule has 4 nitrogen and oxygen atoms in total. The van der Waals surface area contributed by atoms with Crippen LogP contribution in [0.1, 0.15) is 23.1 Å². The Balaban J connectivity index is 2.21. The molecule has 2 aromatic rings. The van der Waals surface area contributed by atoms with Gasteiger partial charge in [-0.2, -0.15) is 5.10 Å². The molecule has 2 aromatic heterocycles. The summed E-state index contributed by atoms with van der Waals surface area (Å²) in [4.78, 5) is 4.21. The van der Waals surface area contributed by atoms with E-state index in [2.05, 4.69) is 10.1 Å². The van der Waals surface area contributed by atoms with E-state index in [9.17, 15) is 0 Å². The Morgan fingerprint density at radius 3 is 2.61 bits per heavy atom. The molecule has 0 aromatic carbocycles. The zero-order valence-corrected chi connectivity index (χ0v) is 11.7. The first-order valence-electron chi connectivity index (χ1n) is 5.54. The van der Waals surface area contributed by atoms with Crippen LogP contribution in [0.5, 0.6) is 0 Å². The van der Waals surface area contributed by atoms with Crippen molar-refractivity contribution in [2.75, 3.05) is 0 Å². The van der Waals surface area contributed by atoms with Gasteiger partial charge in [0, 0.05) is 19.7 Å². The number of halogens is 2. The van der Waals surface area contributed by atoms with Crippen molar-refractivity contribution in [2.24, 2.45) is 12.8 Å². The number of nitrogens with two attached hydrogens (primary N) is 1. The fraction of sp³-hybridized carbons (Fsp3) is 0.333. The molecule has 2 N–H and O–H groups in total. The molecule has 0 spiro atoms. The van der Waals surface area contributed by atoms with Gasteiger partial charge >= 0.3 is 0 Å². The van der Waals surface area contributed by atoms with E-state index in [0.717, 1.165) is 17.1 Å². The van der Waals surface area contributed by atoms with E-state index < -0.39 is 0 Å². The fourth-order valence-electron chi connectivity index (χ4n) is 1.82. The van der Waals surface area contributed by atoms with Crippen LogP contribution in [-0.2, 0) is 13.5 Å². The average Bonchev–Trinajstić information content (AvgIpc) is 2.57. The monoisotopic (exact) mass is 284 g/mol. The number of nitrogens with zero attached hydrogens (tertiary/aromatic N) is 3. The molecule has 18 heavy (non-hydrogen) atoms. The Hall–Kier alpha value is -1.10. The molecule has 0 saturated heterocycles. The lowest BCUT2D eigenvalue weighted by atomic mass is 10.1. The summed E-state index contributed by atoms with van der Waals surface area (Å²) in [6, 6.07) is 3.37. The number of hydrogen-bond donors (Lipinski definition) is 1. The van der Waals surface area contributed by atoms with Gasteiger partial charge < -0.3 is 5.73 Å². The van der Waals surface area contributed by atoms with Gasteiger partial charge in [-0.25, -0.2) is 0 Å². The molecule has 0 radical (unpaired) electrons.